The maximum Gasteiger partial charge on any atom is 0.261 e. The summed E-state index contributed by atoms with van der Waals surface area (Å²) in [6, 6.07) is 12.4. The van der Waals surface area contributed by atoms with Gasteiger partial charge in [0, 0.05) is 0 Å². The van der Waals surface area contributed by atoms with Crippen molar-refractivity contribution in [1.29, 1.82) is 0 Å². The molecular formula is C23H31NO2. The van der Waals surface area contributed by atoms with Crippen molar-refractivity contribution in [2.24, 2.45) is 0 Å². The molecule has 0 saturated carbocycles. The van der Waals surface area contributed by atoms with Crippen LogP contribution in [-0.2, 0) is 4.79 Å². The van der Waals surface area contributed by atoms with Gasteiger partial charge in [-0.2, -0.15) is 0 Å². The quantitative estimate of drug-likeness (QED) is 0.729. The second-order valence-corrected chi connectivity index (χ2v) is 7.11. The first-order chi connectivity index (χ1) is 12.3. The van der Waals surface area contributed by atoms with Gasteiger partial charge >= 0.3 is 0 Å². The SMILES string of the molecule is CC[C@@H](Oc1ccc(C)cc1C)C(=O)N[C@H](CC)c1ccc(C)cc1C. The molecule has 0 aliphatic heterocycles. The predicted octanol–water partition coefficient (Wildman–Crippen LogP) is 5.35. The molecule has 2 rings (SSSR count). The summed E-state index contributed by atoms with van der Waals surface area (Å²) in [5.41, 5.74) is 5.86. The average molecular weight is 354 g/mol. The molecule has 3 nitrogen and oxygen atoms in total. The normalized spacial score (nSPS) is 13.2. The van der Waals surface area contributed by atoms with Crippen molar-refractivity contribution in [3.63, 3.8) is 0 Å². The summed E-state index contributed by atoms with van der Waals surface area (Å²) < 4.78 is 6.03. The highest BCUT2D eigenvalue weighted by atomic mass is 16.5. The van der Waals surface area contributed by atoms with Crippen LogP contribution in [0.1, 0.15) is 60.5 Å². The molecule has 0 unspecified atom stereocenters. The standard InChI is InChI=1S/C23H31NO2/c1-7-20(19-11-9-15(3)13-17(19)5)24-23(25)21(8-2)26-22-12-10-16(4)14-18(22)6/h9-14,20-21H,7-8H2,1-6H3,(H,24,25)/t20-,21-/m1/s1. The van der Waals surface area contributed by atoms with Gasteiger partial charge in [0.15, 0.2) is 6.10 Å². The highest BCUT2D eigenvalue weighted by Gasteiger charge is 2.23. The third-order valence-electron chi connectivity index (χ3n) is 4.79. The van der Waals surface area contributed by atoms with Gasteiger partial charge in [-0.05, 0) is 63.3 Å². The Hall–Kier alpha value is -2.29. The lowest BCUT2D eigenvalue weighted by atomic mass is 9.97. The van der Waals surface area contributed by atoms with Crippen molar-refractivity contribution < 1.29 is 9.53 Å². The van der Waals surface area contributed by atoms with Gasteiger partial charge in [0.1, 0.15) is 5.75 Å². The number of hydrogen-bond acceptors (Lipinski definition) is 2. The van der Waals surface area contributed by atoms with Crippen molar-refractivity contribution in [2.75, 3.05) is 0 Å². The number of carbonyl (C=O) groups is 1. The molecule has 0 saturated heterocycles. The summed E-state index contributed by atoms with van der Waals surface area (Å²) >= 11 is 0. The van der Waals surface area contributed by atoms with E-state index in [2.05, 4.69) is 57.3 Å². The van der Waals surface area contributed by atoms with E-state index in [1.165, 1.54) is 22.3 Å². The van der Waals surface area contributed by atoms with E-state index < -0.39 is 6.10 Å². The maximum absolute atomic E-state index is 12.8. The molecule has 0 fully saturated rings. The van der Waals surface area contributed by atoms with Gasteiger partial charge in [0.2, 0.25) is 0 Å². The fourth-order valence-electron chi connectivity index (χ4n) is 3.29. The maximum atomic E-state index is 12.8. The predicted molar refractivity (Wildman–Crippen MR) is 108 cm³/mol. The largest absolute Gasteiger partial charge is 0.480 e. The van der Waals surface area contributed by atoms with Crippen LogP contribution in [0.15, 0.2) is 36.4 Å². The molecular weight excluding hydrogens is 322 g/mol. The minimum Gasteiger partial charge on any atom is -0.480 e. The Kier molecular flexibility index (Phi) is 6.84. The Bertz CT molecular complexity index is 767. The van der Waals surface area contributed by atoms with Gasteiger partial charge < -0.3 is 10.1 Å². The minimum atomic E-state index is -0.490. The first kappa shape index (κ1) is 20.0. The lowest BCUT2D eigenvalue weighted by Crippen LogP contribution is -2.40. The van der Waals surface area contributed by atoms with Gasteiger partial charge in [-0.15, -0.1) is 0 Å². The van der Waals surface area contributed by atoms with Gasteiger partial charge in [-0.1, -0.05) is 55.3 Å². The fourth-order valence-corrected chi connectivity index (χ4v) is 3.29. The molecule has 0 aromatic heterocycles. The van der Waals surface area contributed by atoms with Crippen molar-refractivity contribution in [2.45, 2.75) is 66.5 Å². The molecule has 3 heteroatoms. The second-order valence-electron chi connectivity index (χ2n) is 7.11. The summed E-state index contributed by atoms with van der Waals surface area (Å²) in [7, 11) is 0. The highest BCUT2D eigenvalue weighted by Crippen LogP contribution is 2.24. The topological polar surface area (TPSA) is 38.3 Å². The zero-order valence-electron chi connectivity index (χ0n) is 16.8. The highest BCUT2D eigenvalue weighted by molar-refractivity contribution is 5.81. The second kappa shape index (κ2) is 8.88. The third kappa shape index (κ3) is 4.87. The number of benzene rings is 2. The summed E-state index contributed by atoms with van der Waals surface area (Å²) in [6.45, 7) is 12.3. The zero-order chi connectivity index (χ0) is 19.3. The Labute approximate surface area is 157 Å². The number of rotatable bonds is 7. The van der Waals surface area contributed by atoms with Crippen molar-refractivity contribution >= 4 is 5.91 Å². The van der Waals surface area contributed by atoms with Crippen LogP contribution >= 0.6 is 0 Å². The van der Waals surface area contributed by atoms with Crippen molar-refractivity contribution in [1.82, 2.24) is 5.32 Å². The molecule has 0 heterocycles. The number of ether oxygens (including phenoxy) is 1. The van der Waals surface area contributed by atoms with Crippen LogP contribution in [0.25, 0.3) is 0 Å². The van der Waals surface area contributed by atoms with E-state index in [1.807, 2.05) is 26.0 Å². The van der Waals surface area contributed by atoms with Crippen LogP contribution in [0, 0.1) is 27.7 Å². The molecule has 2 atom stereocenters. The smallest absolute Gasteiger partial charge is 0.261 e. The number of hydrogen-bond donors (Lipinski definition) is 1. The zero-order valence-corrected chi connectivity index (χ0v) is 16.8. The molecule has 0 spiro atoms. The van der Waals surface area contributed by atoms with Crippen LogP contribution in [0.3, 0.4) is 0 Å². The van der Waals surface area contributed by atoms with E-state index in [4.69, 9.17) is 4.74 Å². The Morgan fingerprint density at radius 2 is 1.54 bits per heavy atom. The van der Waals surface area contributed by atoms with Crippen LogP contribution in [0.2, 0.25) is 0 Å². The van der Waals surface area contributed by atoms with E-state index >= 15 is 0 Å². The molecule has 0 bridgehead atoms. The van der Waals surface area contributed by atoms with Gasteiger partial charge in [0.05, 0.1) is 6.04 Å². The molecule has 26 heavy (non-hydrogen) atoms. The van der Waals surface area contributed by atoms with Crippen LogP contribution in [0.5, 0.6) is 5.75 Å². The fraction of sp³-hybridized carbons (Fsp3) is 0.435. The van der Waals surface area contributed by atoms with Crippen molar-refractivity contribution in [3.8, 4) is 5.75 Å². The van der Waals surface area contributed by atoms with E-state index in [0.717, 1.165) is 17.7 Å². The summed E-state index contributed by atoms with van der Waals surface area (Å²) in [5.74, 6) is 0.719. The molecule has 2 aromatic rings. The summed E-state index contributed by atoms with van der Waals surface area (Å²) in [6.07, 6.45) is 0.981. The third-order valence-corrected chi connectivity index (χ3v) is 4.79. The average Bonchev–Trinajstić information content (AvgIpc) is 2.59. The summed E-state index contributed by atoms with van der Waals surface area (Å²) in [4.78, 5) is 12.8. The van der Waals surface area contributed by atoms with Crippen LogP contribution in [-0.4, -0.2) is 12.0 Å². The molecule has 0 aliphatic carbocycles. The molecule has 1 amide bonds. The number of carbonyl (C=O) groups excluding carboxylic acids is 1. The first-order valence-corrected chi connectivity index (χ1v) is 9.47. The van der Waals surface area contributed by atoms with Crippen LogP contribution in [0.4, 0.5) is 0 Å². The number of amides is 1. The molecule has 1 N–H and O–H groups in total. The number of aryl methyl sites for hydroxylation is 4. The molecule has 0 aliphatic rings. The Morgan fingerprint density at radius 1 is 0.923 bits per heavy atom. The van der Waals surface area contributed by atoms with Gasteiger partial charge in [0.25, 0.3) is 5.91 Å². The first-order valence-electron chi connectivity index (χ1n) is 9.47. The lowest BCUT2D eigenvalue weighted by Gasteiger charge is -2.24. The molecule has 2 aromatic carbocycles. The van der Waals surface area contributed by atoms with Crippen LogP contribution < -0.4 is 10.1 Å². The number of nitrogens with one attached hydrogen (secondary N) is 1. The Morgan fingerprint density at radius 3 is 2.08 bits per heavy atom. The van der Waals surface area contributed by atoms with E-state index in [-0.39, 0.29) is 11.9 Å². The monoisotopic (exact) mass is 353 g/mol. The van der Waals surface area contributed by atoms with E-state index in [1.54, 1.807) is 0 Å². The molecule has 0 radical (unpaired) electrons. The van der Waals surface area contributed by atoms with E-state index in [0.29, 0.717) is 6.42 Å². The molecule has 140 valence electrons. The minimum absolute atomic E-state index is 0.000125. The van der Waals surface area contributed by atoms with Crippen molar-refractivity contribution in [3.05, 3.63) is 64.2 Å². The van der Waals surface area contributed by atoms with E-state index in [9.17, 15) is 4.79 Å². The lowest BCUT2D eigenvalue weighted by molar-refractivity contribution is -0.129. The summed E-state index contributed by atoms with van der Waals surface area (Å²) in [5, 5.41) is 3.18. The Balaban J connectivity index is 2.13. The van der Waals surface area contributed by atoms with Gasteiger partial charge in [-0.3, -0.25) is 4.79 Å². The van der Waals surface area contributed by atoms with Gasteiger partial charge in [-0.25, -0.2) is 0 Å².